The van der Waals surface area contributed by atoms with E-state index in [1.807, 2.05) is 54.6 Å². The van der Waals surface area contributed by atoms with Crippen LogP contribution in [-0.2, 0) is 4.74 Å². The maximum atomic E-state index is 13.1. The molecule has 1 aliphatic rings. The summed E-state index contributed by atoms with van der Waals surface area (Å²) in [5.41, 5.74) is 3.21. The van der Waals surface area contributed by atoms with E-state index in [9.17, 15) is 4.79 Å². The number of nitrogens with one attached hydrogen (secondary N) is 1. The van der Waals surface area contributed by atoms with Crippen LogP contribution in [0.25, 0.3) is 22.2 Å². The highest BCUT2D eigenvalue weighted by Crippen LogP contribution is 2.26. The van der Waals surface area contributed by atoms with E-state index in [1.54, 1.807) is 0 Å². The highest BCUT2D eigenvalue weighted by atomic mass is 16.5. The Morgan fingerprint density at radius 3 is 2.69 bits per heavy atom. The molecule has 6 heteroatoms. The number of ether oxygens (including phenoxy) is 2. The van der Waals surface area contributed by atoms with Crippen molar-refractivity contribution < 1.29 is 14.3 Å². The molecule has 1 amide bonds. The molecule has 0 aliphatic carbocycles. The smallest absolute Gasteiger partial charge is 0.252 e. The molecule has 0 bridgehead atoms. The molecule has 1 aromatic heterocycles. The number of amides is 1. The van der Waals surface area contributed by atoms with Gasteiger partial charge < -0.3 is 14.8 Å². The zero-order valence-corrected chi connectivity index (χ0v) is 18.7. The number of rotatable bonds is 9. The Balaban J connectivity index is 1.48. The number of morpholine rings is 1. The lowest BCUT2D eigenvalue weighted by Crippen LogP contribution is -2.38. The molecule has 2 heterocycles. The third-order valence-electron chi connectivity index (χ3n) is 5.62. The predicted molar refractivity (Wildman–Crippen MR) is 127 cm³/mol. The Morgan fingerprint density at radius 1 is 1.12 bits per heavy atom. The first-order valence-corrected chi connectivity index (χ1v) is 11.5. The Bertz CT molecular complexity index is 1030. The summed E-state index contributed by atoms with van der Waals surface area (Å²) in [7, 11) is 0. The van der Waals surface area contributed by atoms with Crippen molar-refractivity contribution in [3.05, 3.63) is 60.2 Å². The molecular formula is C26H31N3O3. The molecule has 0 atom stereocenters. The number of carbonyl (C=O) groups is 1. The van der Waals surface area contributed by atoms with Crippen LogP contribution < -0.4 is 10.1 Å². The van der Waals surface area contributed by atoms with Gasteiger partial charge in [-0.2, -0.15) is 0 Å². The maximum absolute atomic E-state index is 13.1. The van der Waals surface area contributed by atoms with Crippen molar-refractivity contribution in [3.63, 3.8) is 0 Å². The fraction of sp³-hybridized carbons (Fsp3) is 0.385. The average Bonchev–Trinajstić information content (AvgIpc) is 2.85. The van der Waals surface area contributed by atoms with E-state index in [1.165, 1.54) is 0 Å². The number of para-hydroxylation sites is 1. The molecule has 6 nitrogen and oxygen atoms in total. The monoisotopic (exact) mass is 433 g/mol. The SMILES string of the molecule is CCCOc1ccc(-c2cc(C(=O)NCCCN3CCOCC3)c3ccccc3n2)cc1. The van der Waals surface area contributed by atoms with Crippen molar-refractivity contribution in [2.75, 3.05) is 46.0 Å². The molecule has 168 valence electrons. The van der Waals surface area contributed by atoms with Crippen LogP contribution in [0.1, 0.15) is 30.1 Å². The van der Waals surface area contributed by atoms with Gasteiger partial charge in [0.05, 0.1) is 36.6 Å². The molecule has 0 unspecified atom stereocenters. The third kappa shape index (κ3) is 5.64. The van der Waals surface area contributed by atoms with Gasteiger partial charge in [0.15, 0.2) is 0 Å². The number of hydrogen-bond acceptors (Lipinski definition) is 5. The summed E-state index contributed by atoms with van der Waals surface area (Å²) in [5, 5.41) is 3.96. The normalized spacial score (nSPS) is 14.4. The van der Waals surface area contributed by atoms with E-state index in [-0.39, 0.29) is 5.91 Å². The van der Waals surface area contributed by atoms with Crippen LogP contribution in [0.3, 0.4) is 0 Å². The molecule has 1 saturated heterocycles. The van der Waals surface area contributed by atoms with Crippen LogP contribution in [0, 0.1) is 0 Å². The molecule has 1 fully saturated rings. The molecule has 0 spiro atoms. The van der Waals surface area contributed by atoms with E-state index in [4.69, 9.17) is 14.5 Å². The topological polar surface area (TPSA) is 63.7 Å². The van der Waals surface area contributed by atoms with E-state index < -0.39 is 0 Å². The molecular weight excluding hydrogens is 402 g/mol. The number of carbonyl (C=O) groups excluding carboxylic acids is 1. The van der Waals surface area contributed by atoms with Crippen LogP contribution in [0.5, 0.6) is 5.75 Å². The molecule has 32 heavy (non-hydrogen) atoms. The van der Waals surface area contributed by atoms with Crippen LogP contribution in [0.15, 0.2) is 54.6 Å². The second kappa shape index (κ2) is 11.1. The minimum Gasteiger partial charge on any atom is -0.494 e. The Kier molecular flexibility index (Phi) is 7.69. The zero-order valence-electron chi connectivity index (χ0n) is 18.7. The van der Waals surface area contributed by atoms with Gasteiger partial charge in [-0.1, -0.05) is 25.1 Å². The van der Waals surface area contributed by atoms with Crippen molar-refractivity contribution in [2.24, 2.45) is 0 Å². The summed E-state index contributed by atoms with van der Waals surface area (Å²) in [6.45, 7) is 7.92. The van der Waals surface area contributed by atoms with E-state index in [0.717, 1.165) is 73.6 Å². The first kappa shape index (κ1) is 22.2. The van der Waals surface area contributed by atoms with Gasteiger partial charge in [-0.3, -0.25) is 9.69 Å². The standard InChI is InChI=1S/C26H31N3O3/c1-2-16-32-21-10-8-20(9-11-21)25-19-23(22-6-3-4-7-24(22)28-25)26(30)27-12-5-13-29-14-17-31-18-15-29/h3-4,6-11,19H,2,5,12-18H2,1H3,(H,27,30). The Labute approximate surface area is 189 Å². The molecule has 2 aromatic carbocycles. The molecule has 1 N–H and O–H groups in total. The predicted octanol–water partition coefficient (Wildman–Crippen LogP) is 4.14. The van der Waals surface area contributed by atoms with Crippen molar-refractivity contribution in [2.45, 2.75) is 19.8 Å². The van der Waals surface area contributed by atoms with Crippen molar-refractivity contribution in [3.8, 4) is 17.0 Å². The quantitative estimate of drug-likeness (QED) is 0.514. The first-order chi connectivity index (χ1) is 15.7. The van der Waals surface area contributed by atoms with E-state index >= 15 is 0 Å². The van der Waals surface area contributed by atoms with Crippen molar-refractivity contribution in [1.82, 2.24) is 15.2 Å². The summed E-state index contributed by atoms with van der Waals surface area (Å²) in [4.78, 5) is 20.3. The molecule has 1 aliphatic heterocycles. The van der Waals surface area contributed by atoms with Gasteiger partial charge in [-0.15, -0.1) is 0 Å². The summed E-state index contributed by atoms with van der Waals surface area (Å²) in [6.07, 6.45) is 1.89. The summed E-state index contributed by atoms with van der Waals surface area (Å²) in [5.74, 6) is 0.782. The second-order valence-electron chi connectivity index (χ2n) is 8.01. The van der Waals surface area contributed by atoms with E-state index in [2.05, 4.69) is 17.1 Å². The fourth-order valence-electron chi connectivity index (χ4n) is 3.88. The largest absolute Gasteiger partial charge is 0.494 e. The number of hydrogen-bond donors (Lipinski definition) is 1. The first-order valence-electron chi connectivity index (χ1n) is 11.5. The molecule has 3 aromatic rings. The zero-order chi connectivity index (χ0) is 22.2. The molecule has 0 radical (unpaired) electrons. The van der Waals surface area contributed by atoms with Gasteiger partial charge in [-0.25, -0.2) is 4.98 Å². The number of benzene rings is 2. The molecule has 4 rings (SSSR count). The van der Waals surface area contributed by atoms with Gasteiger partial charge >= 0.3 is 0 Å². The lowest BCUT2D eigenvalue weighted by Gasteiger charge is -2.26. The maximum Gasteiger partial charge on any atom is 0.252 e. The van der Waals surface area contributed by atoms with Crippen molar-refractivity contribution >= 4 is 16.8 Å². The van der Waals surface area contributed by atoms with Crippen LogP contribution in [0.4, 0.5) is 0 Å². The van der Waals surface area contributed by atoms with Gasteiger partial charge in [0.1, 0.15) is 5.75 Å². The number of aromatic nitrogens is 1. The van der Waals surface area contributed by atoms with Gasteiger partial charge in [0.25, 0.3) is 5.91 Å². The van der Waals surface area contributed by atoms with Crippen LogP contribution in [0.2, 0.25) is 0 Å². The van der Waals surface area contributed by atoms with E-state index in [0.29, 0.717) is 18.7 Å². The minimum absolute atomic E-state index is 0.0604. The van der Waals surface area contributed by atoms with Gasteiger partial charge in [0.2, 0.25) is 0 Å². The Morgan fingerprint density at radius 2 is 1.91 bits per heavy atom. The number of fused-ring (bicyclic) bond motifs is 1. The van der Waals surface area contributed by atoms with Crippen LogP contribution in [-0.4, -0.2) is 61.8 Å². The fourth-order valence-corrected chi connectivity index (χ4v) is 3.88. The molecule has 0 saturated carbocycles. The van der Waals surface area contributed by atoms with Gasteiger partial charge in [-0.05, 0) is 55.8 Å². The summed E-state index contributed by atoms with van der Waals surface area (Å²) >= 11 is 0. The second-order valence-corrected chi connectivity index (χ2v) is 8.01. The van der Waals surface area contributed by atoms with Crippen LogP contribution >= 0.6 is 0 Å². The number of nitrogens with zero attached hydrogens (tertiary/aromatic N) is 2. The minimum atomic E-state index is -0.0604. The highest BCUT2D eigenvalue weighted by molar-refractivity contribution is 6.07. The van der Waals surface area contributed by atoms with Crippen molar-refractivity contribution in [1.29, 1.82) is 0 Å². The lowest BCUT2D eigenvalue weighted by atomic mass is 10.0. The summed E-state index contributed by atoms with van der Waals surface area (Å²) < 4.78 is 11.1. The average molecular weight is 434 g/mol. The lowest BCUT2D eigenvalue weighted by molar-refractivity contribution is 0.0374. The highest BCUT2D eigenvalue weighted by Gasteiger charge is 2.14. The Hall–Kier alpha value is -2.96. The van der Waals surface area contributed by atoms with Gasteiger partial charge in [0, 0.05) is 30.6 Å². The number of pyridine rings is 1. The summed E-state index contributed by atoms with van der Waals surface area (Å²) in [6, 6.07) is 17.6. The third-order valence-corrected chi connectivity index (χ3v) is 5.62.